The van der Waals surface area contributed by atoms with Gasteiger partial charge in [0.05, 0.1) is 29.5 Å². The average Bonchev–Trinajstić information content (AvgIpc) is 3.07. The van der Waals surface area contributed by atoms with E-state index in [2.05, 4.69) is 15.8 Å². The van der Waals surface area contributed by atoms with Crippen LogP contribution < -0.4 is 4.72 Å². The van der Waals surface area contributed by atoms with Gasteiger partial charge in [-0.05, 0) is 31.5 Å². The number of aliphatic hydroxyl groups excluding tert-OH is 1. The molecule has 0 fully saturated rings. The SMILES string of the molecule is CCOC(=O)c1[nH]c2c(C(C)O)cccc2c1-c1ccc(NS(C)=O)c(C#N)c1. The normalized spacial score (nSPS) is 12.9. The summed E-state index contributed by atoms with van der Waals surface area (Å²) >= 11 is 0. The average molecular weight is 411 g/mol. The van der Waals surface area contributed by atoms with Gasteiger partial charge in [-0.1, -0.05) is 24.3 Å². The number of nitrogens with zero attached hydrogens (tertiary/aromatic N) is 1. The molecule has 0 aliphatic heterocycles. The number of aromatic amines is 1. The second kappa shape index (κ2) is 8.47. The van der Waals surface area contributed by atoms with Gasteiger partial charge in [0.25, 0.3) is 0 Å². The van der Waals surface area contributed by atoms with Gasteiger partial charge in [0.2, 0.25) is 0 Å². The van der Waals surface area contributed by atoms with E-state index in [1.807, 2.05) is 6.07 Å². The number of esters is 1. The van der Waals surface area contributed by atoms with E-state index >= 15 is 0 Å². The first-order valence-corrected chi connectivity index (χ1v) is 10.6. The van der Waals surface area contributed by atoms with Gasteiger partial charge in [-0.3, -0.25) is 0 Å². The summed E-state index contributed by atoms with van der Waals surface area (Å²) in [5, 5.41) is 20.4. The molecule has 0 spiro atoms. The fraction of sp³-hybridized carbons (Fsp3) is 0.238. The number of ether oxygens (including phenoxy) is 1. The van der Waals surface area contributed by atoms with Crippen molar-refractivity contribution in [2.75, 3.05) is 17.6 Å². The van der Waals surface area contributed by atoms with Gasteiger partial charge < -0.3 is 19.5 Å². The van der Waals surface area contributed by atoms with Crippen molar-refractivity contribution in [2.24, 2.45) is 0 Å². The quantitative estimate of drug-likeness (QED) is 0.536. The molecule has 3 aromatic rings. The molecule has 3 N–H and O–H groups in total. The number of nitrogens with one attached hydrogen (secondary N) is 2. The van der Waals surface area contributed by atoms with Crippen molar-refractivity contribution in [1.29, 1.82) is 5.26 Å². The zero-order valence-electron chi connectivity index (χ0n) is 16.3. The van der Waals surface area contributed by atoms with Crippen LogP contribution in [0, 0.1) is 11.3 Å². The Labute approximate surface area is 170 Å². The van der Waals surface area contributed by atoms with Crippen LogP contribution in [0.5, 0.6) is 0 Å². The standard InChI is InChI=1S/C21H21N3O4S/c1-4-28-21(26)20-18(16-7-5-6-15(12(2)25)19(16)23-20)13-8-9-17(24-29(3)27)14(10-13)11-22/h5-10,12,23-25H,4H2,1-3H3. The lowest BCUT2D eigenvalue weighted by Gasteiger charge is -2.09. The van der Waals surface area contributed by atoms with Crippen LogP contribution in [0.4, 0.5) is 5.69 Å². The van der Waals surface area contributed by atoms with Crippen LogP contribution >= 0.6 is 0 Å². The number of H-pyrrole nitrogens is 1. The number of carbonyl (C=O) groups is 1. The van der Waals surface area contributed by atoms with Crippen molar-refractivity contribution in [3.05, 3.63) is 53.2 Å². The molecule has 0 bridgehead atoms. The monoisotopic (exact) mass is 411 g/mol. The van der Waals surface area contributed by atoms with Gasteiger partial charge in [0.1, 0.15) is 22.7 Å². The molecule has 1 aromatic heterocycles. The fourth-order valence-electron chi connectivity index (χ4n) is 3.28. The molecule has 2 unspecified atom stereocenters. The smallest absolute Gasteiger partial charge is 0.355 e. The third-order valence-corrected chi connectivity index (χ3v) is 4.99. The van der Waals surface area contributed by atoms with Crippen LogP contribution in [0.2, 0.25) is 0 Å². The molecule has 3 rings (SSSR count). The van der Waals surface area contributed by atoms with Crippen molar-refractivity contribution in [3.8, 4) is 17.2 Å². The number of rotatable bonds is 6. The molecule has 0 aliphatic carbocycles. The molecule has 0 radical (unpaired) electrons. The van der Waals surface area contributed by atoms with Crippen molar-refractivity contribution in [2.45, 2.75) is 20.0 Å². The van der Waals surface area contributed by atoms with E-state index in [1.165, 1.54) is 6.26 Å². The highest BCUT2D eigenvalue weighted by atomic mass is 32.2. The van der Waals surface area contributed by atoms with E-state index in [1.54, 1.807) is 44.2 Å². The van der Waals surface area contributed by atoms with Gasteiger partial charge in [-0.15, -0.1) is 0 Å². The molecule has 7 nitrogen and oxygen atoms in total. The third kappa shape index (κ3) is 4.01. The molecule has 2 atom stereocenters. The molecule has 8 heteroatoms. The molecule has 0 saturated heterocycles. The fourth-order valence-corrected chi connectivity index (χ4v) is 3.77. The van der Waals surface area contributed by atoms with Crippen LogP contribution in [-0.2, 0) is 15.7 Å². The second-order valence-corrected chi connectivity index (χ2v) is 7.58. The summed E-state index contributed by atoms with van der Waals surface area (Å²) in [6.45, 7) is 3.59. The lowest BCUT2D eigenvalue weighted by Crippen LogP contribution is -2.07. The van der Waals surface area contributed by atoms with Gasteiger partial charge in [0.15, 0.2) is 0 Å². The summed E-state index contributed by atoms with van der Waals surface area (Å²) in [4.78, 5) is 15.7. The molecule has 150 valence electrons. The van der Waals surface area contributed by atoms with Crippen molar-refractivity contribution < 1.29 is 18.8 Å². The molecule has 0 saturated carbocycles. The first-order chi connectivity index (χ1) is 13.9. The Morgan fingerprint density at radius 3 is 2.76 bits per heavy atom. The number of aliphatic hydroxyl groups is 1. The molecule has 29 heavy (non-hydrogen) atoms. The molecule has 2 aromatic carbocycles. The van der Waals surface area contributed by atoms with Crippen LogP contribution in [0.1, 0.15) is 41.6 Å². The van der Waals surface area contributed by atoms with Crippen LogP contribution in [0.25, 0.3) is 22.0 Å². The van der Waals surface area contributed by atoms with E-state index in [0.717, 1.165) is 5.39 Å². The van der Waals surface area contributed by atoms with Crippen molar-refractivity contribution in [1.82, 2.24) is 4.98 Å². The summed E-state index contributed by atoms with van der Waals surface area (Å²) < 4.78 is 19.4. The maximum atomic E-state index is 12.6. The number of aromatic nitrogens is 1. The van der Waals surface area contributed by atoms with Crippen LogP contribution in [0.15, 0.2) is 36.4 Å². The molecule has 1 heterocycles. The highest BCUT2D eigenvalue weighted by Crippen LogP contribution is 2.37. The lowest BCUT2D eigenvalue weighted by atomic mass is 9.97. The Kier molecular flexibility index (Phi) is 6.01. The second-order valence-electron chi connectivity index (χ2n) is 6.47. The number of nitriles is 1. The first-order valence-electron chi connectivity index (χ1n) is 9.01. The van der Waals surface area contributed by atoms with Crippen molar-refractivity contribution >= 4 is 33.5 Å². The summed E-state index contributed by atoms with van der Waals surface area (Å²) in [7, 11) is -1.33. The maximum Gasteiger partial charge on any atom is 0.355 e. The summed E-state index contributed by atoms with van der Waals surface area (Å²) in [5.41, 5.74) is 3.49. The molecular formula is C21H21N3O4S. The zero-order chi connectivity index (χ0) is 21.1. The third-order valence-electron chi connectivity index (χ3n) is 4.48. The number of hydrogen-bond acceptors (Lipinski definition) is 5. The Bertz CT molecular complexity index is 1140. The number of fused-ring (bicyclic) bond motifs is 1. The minimum absolute atomic E-state index is 0.214. The van der Waals surface area contributed by atoms with Gasteiger partial charge in [-0.25, -0.2) is 9.00 Å². The Morgan fingerprint density at radius 2 is 2.14 bits per heavy atom. The Morgan fingerprint density at radius 1 is 1.38 bits per heavy atom. The maximum absolute atomic E-state index is 12.6. The number of anilines is 1. The topological polar surface area (TPSA) is 115 Å². The minimum Gasteiger partial charge on any atom is -0.461 e. The van der Waals surface area contributed by atoms with Crippen LogP contribution in [-0.4, -0.2) is 33.1 Å². The molecule has 0 aliphatic rings. The van der Waals surface area contributed by atoms with Gasteiger partial charge >= 0.3 is 5.97 Å². The number of hydrogen-bond donors (Lipinski definition) is 3. The van der Waals surface area contributed by atoms with E-state index in [0.29, 0.717) is 33.5 Å². The van der Waals surface area contributed by atoms with Gasteiger partial charge in [-0.2, -0.15) is 5.26 Å². The largest absolute Gasteiger partial charge is 0.461 e. The molecular weight excluding hydrogens is 390 g/mol. The van der Waals surface area contributed by atoms with Crippen molar-refractivity contribution in [3.63, 3.8) is 0 Å². The highest BCUT2D eigenvalue weighted by molar-refractivity contribution is 7.85. The zero-order valence-corrected chi connectivity index (χ0v) is 17.1. The molecule has 0 amide bonds. The minimum atomic E-state index is -1.33. The van der Waals surface area contributed by atoms with E-state index in [-0.39, 0.29) is 12.3 Å². The number of benzene rings is 2. The predicted molar refractivity (Wildman–Crippen MR) is 113 cm³/mol. The predicted octanol–water partition coefficient (Wildman–Crippen LogP) is 3.64. The number of para-hydroxylation sites is 1. The summed E-state index contributed by atoms with van der Waals surface area (Å²) in [5.74, 6) is -0.523. The van der Waals surface area contributed by atoms with Crippen LogP contribution in [0.3, 0.4) is 0 Å². The van der Waals surface area contributed by atoms with Gasteiger partial charge in [0, 0.05) is 22.8 Å². The lowest BCUT2D eigenvalue weighted by molar-refractivity contribution is 0.0521. The highest BCUT2D eigenvalue weighted by Gasteiger charge is 2.23. The summed E-state index contributed by atoms with van der Waals surface area (Å²) in [6, 6.07) is 12.6. The Balaban J connectivity index is 2.29. The summed E-state index contributed by atoms with van der Waals surface area (Å²) in [6.07, 6.45) is 0.742. The Hall–Kier alpha value is -3.15. The van der Waals surface area contributed by atoms with E-state index < -0.39 is 23.1 Å². The first kappa shape index (κ1) is 20.6. The van der Waals surface area contributed by atoms with E-state index in [4.69, 9.17) is 4.74 Å². The van der Waals surface area contributed by atoms with E-state index in [9.17, 15) is 19.4 Å². The number of carbonyl (C=O) groups excluding carboxylic acids is 1.